The number of rotatable bonds is 5. The highest BCUT2D eigenvalue weighted by Gasteiger charge is 2.36. The normalized spacial score (nSPS) is 18.1. The molecular weight excluding hydrogens is 286 g/mol. The van der Waals surface area contributed by atoms with Gasteiger partial charge in [0.15, 0.2) is 5.75 Å². The molecule has 1 aliphatic rings. The third-order valence-electron chi connectivity index (χ3n) is 4.18. The van der Waals surface area contributed by atoms with E-state index in [9.17, 15) is 20.3 Å². The summed E-state index contributed by atoms with van der Waals surface area (Å²) in [5.41, 5.74) is -0.0147. The smallest absolute Gasteiger partial charge is 0.311 e. The van der Waals surface area contributed by atoms with Crippen molar-refractivity contribution in [3.05, 3.63) is 33.9 Å². The maximum atomic E-state index is 11.1. The molecule has 1 heterocycles. The molecular formula is C15H23N3O4. The van der Waals surface area contributed by atoms with E-state index in [2.05, 4.69) is 10.2 Å². The zero-order valence-electron chi connectivity index (χ0n) is 13.0. The zero-order valence-corrected chi connectivity index (χ0v) is 13.0. The molecule has 0 spiro atoms. The van der Waals surface area contributed by atoms with Crippen LogP contribution in [0.4, 0.5) is 5.69 Å². The van der Waals surface area contributed by atoms with Crippen LogP contribution >= 0.6 is 0 Å². The summed E-state index contributed by atoms with van der Waals surface area (Å²) in [6.45, 7) is 7.16. The first-order valence-electron chi connectivity index (χ1n) is 7.40. The van der Waals surface area contributed by atoms with E-state index in [1.165, 1.54) is 12.1 Å². The maximum absolute atomic E-state index is 11.1. The lowest BCUT2D eigenvalue weighted by atomic mass is 9.79. The number of phenolic OH excluding ortho intramolecular Hbond substituents is 1. The SMILES string of the molecule is CC(C)(CO)[C@@H](c1ccc(O)c([N+](=O)[O-])c1)N1CCNCC1. The summed E-state index contributed by atoms with van der Waals surface area (Å²) in [4.78, 5) is 12.7. The van der Waals surface area contributed by atoms with E-state index in [0.717, 1.165) is 31.7 Å². The molecule has 1 saturated heterocycles. The largest absolute Gasteiger partial charge is 0.502 e. The Bertz CT molecular complexity index is 542. The number of hydrogen-bond acceptors (Lipinski definition) is 6. The Balaban J connectivity index is 2.44. The van der Waals surface area contributed by atoms with Crippen LogP contribution in [0.1, 0.15) is 25.5 Å². The minimum absolute atomic E-state index is 0.0315. The van der Waals surface area contributed by atoms with Gasteiger partial charge in [0.25, 0.3) is 0 Å². The monoisotopic (exact) mass is 309 g/mol. The van der Waals surface area contributed by atoms with Crippen molar-refractivity contribution in [3.8, 4) is 5.75 Å². The molecule has 0 aromatic heterocycles. The Morgan fingerprint density at radius 1 is 1.41 bits per heavy atom. The van der Waals surface area contributed by atoms with Crippen molar-refractivity contribution in [3.63, 3.8) is 0 Å². The fraction of sp³-hybridized carbons (Fsp3) is 0.600. The van der Waals surface area contributed by atoms with Crippen LogP contribution in [-0.2, 0) is 0 Å². The lowest BCUT2D eigenvalue weighted by Gasteiger charge is -2.43. The average molecular weight is 309 g/mol. The molecule has 0 amide bonds. The van der Waals surface area contributed by atoms with Gasteiger partial charge in [-0.05, 0) is 11.6 Å². The average Bonchev–Trinajstić information content (AvgIpc) is 2.50. The van der Waals surface area contributed by atoms with Crippen LogP contribution in [0.5, 0.6) is 5.75 Å². The molecule has 0 saturated carbocycles. The van der Waals surface area contributed by atoms with Gasteiger partial charge in [0.1, 0.15) is 0 Å². The van der Waals surface area contributed by atoms with Gasteiger partial charge in [-0.15, -0.1) is 0 Å². The summed E-state index contributed by atoms with van der Waals surface area (Å²) in [7, 11) is 0. The number of nitro groups is 1. The summed E-state index contributed by atoms with van der Waals surface area (Å²) in [6.07, 6.45) is 0. The number of nitro benzene ring substituents is 1. The molecule has 0 radical (unpaired) electrons. The molecule has 0 bridgehead atoms. The van der Waals surface area contributed by atoms with Crippen LogP contribution in [-0.4, -0.2) is 52.8 Å². The summed E-state index contributed by atoms with van der Waals surface area (Å²) >= 11 is 0. The minimum atomic E-state index is -0.584. The van der Waals surface area contributed by atoms with Crippen LogP contribution in [0.2, 0.25) is 0 Å². The first-order valence-corrected chi connectivity index (χ1v) is 7.40. The molecule has 7 nitrogen and oxygen atoms in total. The van der Waals surface area contributed by atoms with Gasteiger partial charge in [0.05, 0.1) is 4.92 Å². The van der Waals surface area contributed by atoms with E-state index in [1.54, 1.807) is 6.07 Å². The standard InChI is InChI=1S/C15H23N3O4/c1-15(2,10-19)14(17-7-5-16-6-8-17)11-3-4-13(20)12(9-11)18(21)22/h3-4,9,14,16,19-20H,5-8,10H2,1-2H3/t14-/m1/s1. The second-order valence-electron chi connectivity index (χ2n) is 6.34. The highest BCUT2D eigenvalue weighted by atomic mass is 16.6. The van der Waals surface area contributed by atoms with Crippen molar-refractivity contribution >= 4 is 5.69 Å². The predicted molar refractivity (Wildman–Crippen MR) is 82.8 cm³/mol. The highest BCUT2D eigenvalue weighted by Crippen LogP contribution is 2.40. The second kappa shape index (κ2) is 6.60. The molecule has 2 rings (SSSR count). The van der Waals surface area contributed by atoms with Crippen molar-refractivity contribution in [2.45, 2.75) is 19.9 Å². The number of nitrogens with one attached hydrogen (secondary N) is 1. The van der Waals surface area contributed by atoms with E-state index < -0.39 is 10.3 Å². The van der Waals surface area contributed by atoms with Gasteiger partial charge in [-0.2, -0.15) is 0 Å². The Hall–Kier alpha value is -1.70. The first kappa shape index (κ1) is 16.7. The van der Waals surface area contributed by atoms with Gasteiger partial charge in [-0.3, -0.25) is 15.0 Å². The third kappa shape index (κ3) is 3.37. The maximum Gasteiger partial charge on any atom is 0.311 e. The Labute approximate surface area is 129 Å². The molecule has 0 unspecified atom stereocenters. The van der Waals surface area contributed by atoms with E-state index in [1.807, 2.05) is 13.8 Å². The predicted octanol–water partition coefficient (Wildman–Crippen LogP) is 1.27. The number of piperazine rings is 1. The zero-order chi connectivity index (χ0) is 16.3. The molecule has 1 atom stereocenters. The molecule has 1 fully saturated rings. The van der Waals surface area contributed by atoms with E-state index >= 15 is 0 Å². The van der Waals surface area contributed by atoms with Crippen molar-refractivity contribution in [2.24, 2.45) is 5.41 Å². The molecule has 122 valence electrons. The van der Waals surface area contributed by atoms with Crippen LogP contribution < -0.4 is 5.32 Å². The van der Waals surface area contributed by atoms with Crippen LogP contribution in [0.25, 0.3) is 0 Å². The fourth-order valence-electron chi connectivity index (χ4n) is 3.04. The lowest BCUT2D eigenvalue weighted by Crippen LogP contribution is -2.49. The Morgan fingerprint density at radius 2 is 2.05 bits per heavy atom. The van der Waals surface area contributed by atoms with E-state index in [4.69, 9.17) is 0 Å². The Kier molecular flexibility index (Phi) is 5.00. The topological polar surface area (TPSA) is 98.9 Å². The van der Waals surface area contributed by atoms with E-state index in [-0.39, 0.29) is 24.1 Å². The second-order valence-corrected chi connectivity index (χ2v) is 6.34. The summed E-state index contributed by atoms with van der Waals surface area (Å²) in [6, 6.07) is 4.32. The molecule has 1 aromatic rings. The van der Waals surface area contributed by atoms with Crippen molar-refractivity contribution in [1.29, 1.82) is 0 Å². The van der Waals surface area contributed by atoms with Gasteiger partial charge >= 0.3 is 5.69 Å². The molecule has 7 heteroatoms. The number of benzene rings is 1. The number of phenols is 1. The number of hydrogen-bond donors (Lipinski definition) is 3. The molecule has 0 aliphatic carbocycles. The molecule has 1 aliphatic heterocycles. The summed E-state index contributed by atoms with van der Waals surface area (Å²) in [5.74, 6) is -0.338. The van der Waals surface area contributed by atoms with Crippen LogP contribution in [0.3, 0.4) is 0 Å². The summed E-state index contributed by atoms with van der Waals surface area (Å²) < 4.78 is 0. The van der Waals surface area contributed by atoms with Gasteiger partial charge in [0, 0.05) is 50.3 Å². The minimum Gasteiger partial charge on any atom is -0.502 e. The first-order chi connectivity index (χ1) is 10.4. The van der Waals surface area contributed by atoms with Gasteiger partial charge in [0.2, 0.25) is 0 Å². The van der Waals surface area contributed by atoms with Crippen LogP contribution in [0.15, 0.2) is 18.2 Å². The van der Waals surface area contributed by atoms with Gasteiger partial charge in [-0.25, -0.2) is 0 Å². The van der Waals surface area contributed by atoms with Crippen molar-refractivity contribution in [1.82, 2.24) is 10.2 Å². The summed E-state index contributed by atoms with van der Waals surface area (Å²) in [5, 5.41) is 33.7. The van der Waals surface area contributed by atoms with Crippen LogP contribution in [0, 0.1) is 15.5 Å². The van der Waals surface area contributed by atoms with Gasteiger partial charge in [-0.1, -0.05) is 19.9 Å². The lowest BCUT2D eigenvalue weighted by molar-refractivity contribution is -0.386. The molecule has 22 heavy (non-hydrogen) atoms. The van der Waals surface area contributed by atoms with E-state index in [0.29, 0.717) is 0 Å². The van der Waals surface area contributed by atoms with Crippen molar-refractivity contribution in [2.75, 3.05) is 32.8 Å². The quantitative estimate of drug-likeness (QED) is 0.559. The number of aromatic hydroxyl groups is 1. The fourth-order valence-corrected chi connectivity index (χ4v) is 3.04. The molecule has 3 N–H and O–H groups in total. The number of aliphatic hydroxyl groups is 1. The van der Waals surface area contributed by atoms with Gasteiger partial charge < -0.3 is 15.5 Å². The number of aliphatic hydroxyl groups excluding tert-OH is 1. The third-order valence-corrected chi connectivity index (χ3v) is 4.18. The Morgan fingerprint density at radius 3 is 2.59 bits per heavy atom. The number of nitrogens with zero attached hydrogens (tertiary/aromatic N) is 2. The molecule has 1 aromatic carbocycles. The highest BCUT2D eigenvalue weighted by molar-refractivity contribution is 5.48. The van der Waals surface area contributed by atoms with Crippen molar-refractivity contribution < 1.29 is 15.1 Å².